The summed E-state index contributed by atoms with van der Waals surface area (Å²) >= 11 is 0. The molecule has 2 N–H and O–H groups in total. The van der Waals surface area contributed by atoms with Gasteiger partial charge in [0.25, 0.3) is 0 Å². The third kappa shape index (κ3) is 5.29. The molecular weight excluding hydrogens is 439 g/mol. The summed E-state index contributed by atoms with van der Waals surface area (Å²) in [7, 11) is 0. The summed E-state index contributed by atoms with van der Waals surface area (Å²) in [5.41, 5.74) is 6.03. The Morgan fingerprint density at radius 1 is 0.625 bits per heavy atom. The molecule has 2 aromatic rings. The zero-order chi connectivity index (χ0) is 20.2. The fourth-order valence-corrected chi connectivity index (χ4v) is 5.38. The van der Waals surface area contributed by atoms with E-state index in [4.69, 9.17) is 0 Å². The number of rotatable bonds is 2. The number of nitrogens with zero attached hydrogens (tertiary/aromatic N) is 2. The van der Waals surface area contributed by atoms with Gasteiger partial charge < -0.3 is 10.6 Å². The SMILES string of the molecule is Cl.Cl.c1ccc2c(c1)CCCC2C1=NCCN1.c1ccc2c(c1)CCCC2C1=NCCN1. The summed E-state index contributed by atoms with van der Waals surface area (Å²) in [5, 5.41) is 6.83. The summed E-state index contributed by atoms with van der Waals surface area (Å²) in [6.45, 7) is 3.95. The van der Waals surface area contributed by atoms with Crippen molar-refractivity contribution in [2.75, 3.05) is 26.2 Å². The molecule has 0 radical (unpaired) electrons. The topological polar surface area (TPSA) is 48.8 Å². The second-order valence-electron chi connectivity index (χ2n) is 8.67. The fourth-order valence-electron chi connectivity index (χ4n) is 5.38. The van der Waals surface area contributed by atoms with Gasteiger partial charge in [0, 0.05) is 24.9 Å². The fraction of sp³-hybridized carbons (Fsp3) is 0.462. The van der Waals surface area contributed by atoms with Crippen LogP contribution in [0.3, 0.4) is 0 Å². The van der Waals surface area contributed by atoms with Crippen molar-refractivity contribution in [3.05, 3.63) is 70.8 Å². The van der Waals surface area contributed by atoms with Gasteiger partial charge in [-0.15, -0.1) is 24.8 Å². The van der Waals surface area contributed by atoms with E-state index in [9.17, 15) is 0 Å². The lowest BCUT2D eigenvalue weighted by molar-refractivity contribution is 0.641. The predicted molar refractivity (Wildman–Crippen MR) is 139 cm³/mol. The number of hydrogen-bond donors (Lipinski definition) is 2. The minimum Gasteiger partial charge on any atom is -0.371 e. The first-order chi connectivity index (χ1) is 14.9. The second-order valence-corrected chi connectivity index (χ2v) is 8.67. The zero-order valence-electron chi connectivity index (χ0n) is 18.6. The zero-order valence-corrected chi connectivity index (χ0v) is 20.2. The molecule has 2 aliphatic heterocycles. The molecule has 172 valence electrons. The van der Waals surface area contributed by atoms with Crippen molar-refractivity contribution in [1.82, 2.24) is 10.6 Å². The van der Waals surface area contributed by atoms with Crippen LogP contribution < -0.4 is 10.6 Å². The summed E-state index contributed by atoms with van der Waals surface area (Å²) < 4.78 is 0. The molecule has 2 unspecified atom stereocenters. The lowest BCUT2D eigenvalue weighted by Crippen LogP contribution is -2.28. The minimum atomic E-state index is 0. The van der Waals surface area contributed by atoms with Gasteiger partial charge in [-0.3, -0.25) is 9.98 Å². The third-order valence-corrected chi connectivity index (χ3v) is 6.80. The molecule has 0 saturated carbocycles. The molecule has 0 spiro atoms. The Kier molecular flexibility index (Phi) is 9.01. The van der Waals surface area contributed by atoms with Crippen LogP contribution in [0, 0.1) is 0 Å². The Morgan fingerprint density at radius 3 is 1.47 bits per heavy atom. The Labute approximate surface area is 204 Å². The highest BCUT2D eigenvalue weighted by atomic mass is 35.5. The van der Waals surface area contributed by atoms with Gasteiger partial charge in [-0.25, -0.2) is 0 Å². The summed E-state index contributed by atoms with van der Waals surface area (Å²) in [6.07, 6.45) is 7.57. The maximum Gasteiger partial charge on any atom is 0.104 e. The van der Waals surface area contributed by atoms with Crippen molar-refractivity contribution >= 4 is 36.5 Å². The largest absolute Gasteiger partial charge is 0.371 e. The number of aryl methyl sites for hydroxylation is 2. The number of fused-ring (bicyclic) bond motifs is 2. The number of hydrogen-bond acceptors (Lipinski definition) is 4. The lowest BCUT2D eigenvalue weighted by Gasteiger charge is -2.25. The van der Waals surface area contributed by atoms with Crippen LogP contribution in [-0.2, 0) is 12.8 Å². The highest BCUT2D eigenvalue weighted by molar-refractivity contribution is 5.91. The first-order valence-corrected chi connectivity index (χ1v) is 11.6. The van der Waals surface area contributed by atoms with Crippen LogP contribution in [-0.4, -0.2) is 37.9 Å². The summed E-state index contributed by atoms with van der Waals surface area (Å²) in [5.74, 6) is 3.53. The Hall–Kier alpha value is -2.04. The van der Waals surface area contributed by atoms with Gasteiger partial charge in [0.15, 0.2) is 0 Å². The smallest absolute Gasteiger partial charge is 0.104 e. The van der Waals surface area contributed by atoms with E-state index in [1.54, 1.807) is 0 Å². The monoisotopic (exact) mass is 472 g/mol. The van der Waals surface area contributed by atoms with Crippen molar-refractivity contribution in [2.45, 2.75) is 50.4 Å². The van der Waals surface area contributed by atoms with Crippen LogP contribution in [0.1, 0.15) is 59.8 Å². The molecule has 0 amide bonds. The van der Waals surface area contributed by atoms with Gasteiger partial charge >= 0.3 is 0 Å². The van der Waals surface area contributed by atoms with E-state index < -0.39 is 0 Å². The molecule has 2 aromatic carbocycles. The van der Waals surface area contributed by atoms with Crippen molar-refractivity contribution in [3.8, 4) is 0 Å². The minimum absolute atomic E-state index is 0. The standard InChI is InChI=1S/2C13H16N2.2ClH/c2*1-2-6-11-10(4-1)5-3-7-12(11)13-14-8-9-15-13;;/h2*1-2,4,6,12H,3,5,7-9H2,(H,14,15);2*1H. The number of amidine groups is 2. The van der Waals surface area contributed by atoms with E-state index in [1.807, 2.05) is 0 Å². The Bertz CT molecular complexity index is 879. The average molecular weight is 473 g/mol. The molecule has 6 rings (SSSR count). The van der Waals surface area contributed by atoms with E-state index >= 15 is 0 Å². The van der Waals surface area contributed by atoms with Crippen LogP contribution in [0.2, 0.25) is 0 Å². The highest BCUT2D eigenvalue weighted by Crippen LogP contribution is 2.33. The number of benzene rings is 2. The molecule has 0 fully saturated rings. The van der Waals surface area contributed by atoms with Crippen molar-refractivity contribution in [2.24, 2.45) is 9.98 Å². The van der Waals surface area contributed by atoms with Crippen LogP contribution in [0.5, 0.6) is 0 Å². The highest BCUT2D eigenvalue weighted by Gasteiger charge is 2.26. The van der Waals surface area contributed by atoms with Gasteiger partial charge in [0.1, 0.15) is 11.7 Å². The molecule has 2 aliphatic carbocycles. The summed E-state index contributed by atoms with van der Waals surface area (Å²) in [4.78, 5) is 9.13. The maximum atomic E-state index is 4.56. The molecule has 2 atom stereocenters. The molecule has 6 heteroatoms. The Morgan fingerprint density at radius 2 is 1.06 bits per heavy atom. The molecule has 0 aromatic heterocycles. The van der Waals surface area contributed by atoms with Crippen molar-refractivity contribution in [1.29, 1.82) is 0 Å². The van der Waals surface area contributed by atoms with Gasteiger partial charge in [-0.05, 0) is 60.8 Å². The molecule has 0 saturated heterocycles. The van der Waals surface area contributed by atoms with Crippen molar-refractivity contribution in [3.63, 3.8) is 0 Å². The van der Waals surface area contributed by atoms with Gasteiger partial charge in [-0.1, -0.05) is 48.5 Å². The predicted octanol–water partition coefficient (Wildman–Crippen LogP) is 5.06. The third-order valence-electron chi connectivity index (χ3n) is 6.80. The molecule has 2 heterocycles. The van der Waals surface area contributed by atoms with Gasteiger partial charge in [-0.2, -0.15) is 0 Å². The maximum absolute atomic E-state index is 4.56. The Balaban J connectivity index is 0.000000170. The van der Waals surface area contributed by atoms with Gasteiger partial charge in [0.2, 0.25) is 0 Å². The van der Waals surface area contributed by atoms with E-state index in [2.05, 4.69) is 69.1 Å². The summed E-state index contributed by atoms with van der Waals surface area (Å²) in [6, 6.07) is 17.6. The number of aliphatic imine (C=N–C) groups is 2. The average Bonchev–Trinajstić information content (AvgIpc) is 3.53. The molecule has 32 heavy (non-hydrogen) atoms. The first-order valence-electron chi connectivity index (χ1n) is 11.6. The normalized spacial score (nSPS) is 22.8. The van der Waals surface area contributed by atoms with Crippen molar-refractivity contribution < 1.29 is 0 Å². The van der Waals surface area contributed by atoms with E-state index in [1.165, 1.54) is 72.4 Å². The molecule has 4 aliphatic rings. The van der Waals surface area contributed by atoms with Gasteiger partial charge in [0.05, 0.1) is 13.1 Å². The van der Waals surface area contributed by atoms with E-state index in [0.717, 1.165) is 26.2 Å². The number of halogens is 2. The van der Waals surface area contributed by atoms with E-state index in [-0.39, 0.29) is 24.8 Å². The number of nitrogens with one attached hydrogen (secondary N) is 2. The molecular formula is C26H34Cl2N4. The quantitative estimate of drug-likeness (QED) is 0.641. The van der Waals surface area contributed by atoms with Crippen LogP contribution in [0.4, 0.5) is 0 Å². The van der Waals surface area contributed by atoms with Crippen LogP contribution in [0.25, 0.3) is 0 Å². The van der Waals surface area contributed by atoms with Crippen LogP contribution in [0.15, 0.2) is 58.5 Å². The molecule has 4 nitrogen and oxygen atoms in total. The van der Waals surface area contributed by atoms with Crippen LogP contribution >= 0.6 is 24.8 Å². The first kappa shape index (κ1) is 24.6. The van der Waals surface area contributed by atoms with E-state index in [0.29, 0.717) is 11.8 Å². The second kappa shape index (κ2) is 11.7. The molecule has 0 bridgehead atoms. The lowest BCUT2D eigenvalue weighted by atomic mass is 9.82.